The van der Waals surface area contributed by atoms with Crippen LogP contribution in [0.4, 0.5) is 5.69 Å². The van der Waals surface area contributed by atoms with Gasteiger partial charge in [0.2, 0.25) is 5.91 Å². The van der Waals surface area contributed by atoms with E-state index in [-0.39, 0.29) is 11.2 Å². The van der Waals surface area contributed by atoms with E-state index in [2.05, 4.69) is 32.4 Å². The molecule has 2 heterocycles. The van der Waals surface area contributed by atoms with Crippen LogP contribution < -0.4 is 5.32 Å². The van der Waals surface area contributed by atoms with E-state index in [4.69, 9.17) is 11.6 Å². The number of fused-ring (bicyclic) bond motifs is 2. The van der Waals surface area contributed by atoms with Gasteiger partial charge in [-0.2, -0.15) is 0 Å². The number of hydrogen-bond donors (Lipinski definition) is 2. The molecule has 3 aromatic rings. The Hall–Kier alpha value is -2.05. The molecule has 1 atom stereocenters. The summed E-state index contributed by atoms with van der Waals surface area (Å²) in [7, 11) is 0. The van der Waals surface area contributed by atoms with Crippen molar-refractivity contribution in [1.29, 1.82) is 0 Å². The van der Waals surface area contributed by atoms with Crippen LogP contribution in [0, 0.1) is 0 Å². The lowest BCUT2D eigenvalue weighted by Crippen LogP contribution is -2.22. The Labute approximate surface area is 154 Å². The van der Waals surface area contributed by atoms with Crippen LogP contribution in [0.5, 0.6) is 0 Å². The zero-order valence-electron chi connectivity index (χ0n) is 13.7. The first-order valence-corrected chi connectivity index (χ1v) is 9.45. The Morgan fingerprint density at radius 1 is 1.32 bits per heavy atom. The summed E-state index contributed by atoms with van der Waals surface area (Å²) in [6.07, 6.45) is 4.99. The van der Waals surface area contributed by atoms with Crippen molar-refractivity contribution in [2.24, 2.45) is 0 Å². The van der Waals surface area contributed by atoms with E-state index < -0.39 is 0 Å². The number of carbonyl (C=O) groups is 1. The maximum absolute atomic E-state index is 12.5. The van der Waals surface area contributed by atoms with Gasteiger partial charge in [-0.1, -0.05) is 29.4 Å². The van der Waals surface area contributed by atoms with Crippen LogP contribution in [-0.4, -0.2) is 26.1 Å². The lowest BCUT2D eigenvalue weighted by atomic mass is 10.1. The van der Waals surface area contributed by atoms with E-state index in [9.17, 15) is 4.79 Å². The molecule has 0 spiro atoms. The molecule has 25 heavy (non-hydrogen) atoms. The summed E-state index contributed by atoms with van der Waals surface area (Å²) in [6.45, 7) is 1.86. The molecule has 1 aromatic carbocycles. The molecule has 7 heteroatoms. The first kappa shape index (κ1) is 16.4. The topological polar surface area (TPSA) is 70.7 Å². The average Bonchev–Trinajstić information content (AvgIpc) is 3.19. The highest BCUT2D eigenvalue weighted by molar-refractivity contribution is 8.00. The number of aromatic amines is 1. The van der Waals surface area contributed by atoms with Crippen molar-refractivity contribution in [2.75, 3.05) is 5.32 Å². The largest absolute Gasteiger partial charge is 0.331 e. The van der Waals surface area contributed by atoms with Crippen molar-refractivity contribution in [3.63, 3.8) is 0 Å². The monoisotopic (exact) mass is 372 g/mol. The zero-order chi connectivity index (χ0) is 17.4. The van der Waals surface area contributed by atoms with E-state index in [1.165, 1.54) is 29.3 Å². The molecule has 1 aliphatic carbocycles. The lowest BCUT2D eigenvalue weighted by Gasteiger charge is -2.11. The molecular weight excluding hydrogens is 356 g/mol. The highest BCUT2D eigenvalue weighted by Crippen LogP contribution is 2.27. The van der Waals surface area contributed by atoms with Crippen molar-refractivity contribution in [1.82, 2.24) is 15.0 Å². The van der Waals surface area contributed by atoms with Gasteiger partial charge in [-0.15, -0.1) is 0 Å². The molecule has 0 radical (unpaired) electrons. The number of aryl methyl sites for hydroxylation is 2. The number of hydrogen-bond acceptors (Lipinski definition) is 4. The van der Waals surface area contributed by atoms with Crippen LogP contribution in [-0.2, 0) is 17.6 Å². The summed E-state index contributed by atoms with van der Waals surface area (Å²) in [5, 5.41) is 3.91. The van der Waals surface area contributed by atoms with Gasteiger partial charge in [0.1, 0.15) is 0 Å². The number of halogens is 1. The molecule has 2 N–H and O–H groups in total. The highest BCUT2D eigenvalue weighted by Gasteiger charge is 2.18. The third-order valence-electron chi connectivity index (χ3n) is 4.31. The summed E-state index contributed by atoms with van der Waals surface area (Å²) < 4.78 is 0. The number of carbonyl (C=O) groups excluding carboxylic acids is 1. The smallest absolute Gasteiger partial charge is 0.237 e. The summed E-state index contributed by atoms with van der Waals surface area (Å²) in [6, 6.07) is 7.96. The molecule has 0 bridgehead atoms. The van der Waals surface area contributed by atoms with Crippen molar-refractivity contribution in [3.05, 3.63) is 46.6 Å². The second-order valence-corrected chi connectivity index (χ2v) is 7.92. The van der Waals surface area contributed by atoms with Crippen molar-refractivity contribution in [3.8, 4) is 0 Å². The van der Waals surface area contributed by atoms with Crippen LogP contribution in [0.2, 0.25) is 5.02 Å². The van der Waals surface area contributed by atoms with Gasteiger partial charge in [-0.25, -0.2) is 9.97 Å². The van der Waals surface area contributed by atoms with E-state index in [1.807, 2.05) is 13.0 Å². The highest BCUT2D eigenvalue weighted by atomic mass is 35.5. The SMILES string of the molecule is C[C@H](Sc1nc2ncc(Cl)cc2[nH]1)C(=O)Nc1ccc2c(c1)CCC2. The Bertz CT molecular complexity index is 955. The molecule has 0 aliphatic heterocycles. The fourth-order valence-corrected chi connectivity index (χ4v) is 3.99. The number of imidazole rings is 1. The molecule has 1 amide bonds. The molecule has 2 aromatic heterocycles. The van der Waals surface area contributed by atoms with Gasteiger partial charge in [0.05, 0.1) is 15.8 Å². The minimum atomic E-state index is -0.288. The Kier molecular flexibility index (Phi) is 4.39. The van der Waals surface area contributed by atoms with E-state index in [0.29, 0.717) is 15.8 Å². The first-order valence-electron chi connectivity index (χ1n) is 8.19. The van der Waals surface area contributed by atoms with Gasteiger partial charge in [-0.05, 0) is 55.5 Å². The molecule has 0 fully saturated rings. The lowest BCUT2D eigenvalue weighted by molar-refractivity contribution is -0.115. The third-order valence-corrected chi connectivity index (χ3v) is 5.50. The molecule has 128 valence electrons. The van der Waals surface area contributed by atoms with Gasteiger partial charge in [0, 0.05) is 11.9 Å². The fourth-order valence-electron chi connectivity index (χ4n) is 3.02. The molecule has 1 aliphatic rings. The van der Waals surface area contributed by atoms with Crippen molar-refractivity contribution in [2.45, 2.75) is 36.6 Å². The van der Waals surface area contributed by atoms with E-state index in [1.54, 1.807) is 12.3 Å². The summed E-state index contributed by atoms with van der Waals surface area (Å²) in [5.74, 6) is -0.0469. The van der Waals surface area contributed by atoms with Gasteiger partial charge in [0.25, 0.3) is 0 Å². The first-order chi connectivity index (χ1) is 12.1. The second-order valence-electron chi connectivity index (χ2n) is 6.15. The number of nitrogens with zero attached hydrogens (tertiary/aromatic N) is 2. The Balaban J connectivity index is 1.44. The summed E-state index contributed by atoms with van der Waals surface area (Å²) in [5.41, 5.74) is 4.96. The van der Waals surface area contributed by atoms with E-state index in [0.717, 1.165) is 24.0 Å². The molecule has 5 nitrogen and oxygen atoms in total. The van der Waals surface area contributed by atoms with E-state index >= 15 is 0 Å². The molecular formula is C18H17ClN4OS. The maximum Gasteiger partial charge on any atom is 0.237 e. The predicted molar refractivity (Wildman–Crippen MR) is 101 cm³/mol. The number of H-pyrrole nitrogens is 1. The van der Waals surface area contributed by atoms with Crippen LogP contribution in [0.3, 0.4) is 0 Å². The van der Waals surface area contributed by atoms with Gasteiger partial charge in [-0.3, -0.25) is 4.79 Å². The number of anilines is 1. The minimum absolute atomic E-state index is 0.0469. The summed E-state index contributed by atoms with van der Waals surface area (Å²) >= 11 is 7.30. The number of thioether (sulfide) groups is 1. The standard InChI is InChI=1S/C18H17ClN4OS/c1-10(25-18-22-15-8-13(19)9-20-16(15)23-18)17(24)21-14-6-5-11-3-2-4-12(11)7-14/h5-10H,2-4H2,1H3,(H,21,24)(H,20,22,23)/t10-/m0/s1. The third kappa shape index (κ3) is 3.50. The Morgan fingerprint density at radius 3 is 3.04 bits per heavy atom. The minimum Gasteiger partial charge on any atom is -0.331 e. The maximum atomic E-state index is 12.5. The number of pyridine rings is 1. The zero-order valence-corrected chi connectivity index (χ0v) is 15.2. The number of benzene rings is 1. The quantitative estimate of drug-likeness (QED) is 0.673. The van der Waals surface area contributed by atoms with Gasteiger partial charge >= 0.3 is 0 Å². The van der Waals surface area contributed by atoms with Crippen molar-refractivity contribution < 1.29 is 4.79 Å². The van der Waals surface area contributed by atoms with Gasteiger partial charge < -0.3 is 10.3 Å². The van der Waals surface area contributed by atoms with Crippen LogP contribution in [0.25, 0.3) is 11.2 Å². The van der Waals surface area contributed by atoms with Crippen molar-refractivity contribution >= 4 is 46.1 Å². The molecule has 4 rings (SSSR count). The number of nitrogens with one attached hydrogen (secondary N) is 2. The second kappa shape index (κ2) is 6.69. The number of aromatic nitrogens is 3. The average molecular weight is 373 g/mol. The normalized spacial score (nSPS) is 14.5. The molecule has 0 unspecified atom stereocenters. The van der Waals surface area contributed by atoms with Crippen LogP contribution in [0.15, 0.2) is 35.6 Å². The summed E-state index contributed by atoms with van der Waals surface area (Å²) in [4.78, 5) is 24.2. The number of rotatable bonds is 4. The number of amides is 1. The molecule has 0 saturated heterocycles. The predicted octanol–water partition coefficient (Wildman–Crippen LogP) is 4.22. The van der Waals surface area contributed by atoms with Gasteiger partial charge in [0.15, 0.2) is 10.8 Å². The fraction of sp³-hybridized carbons (Fsp3) is 0.278. The molecule has 0 saturated carbocycles. The van der Waals surface area contributed by atoms with Crippen LogP contribution in [0.1, 0.15) is 24.5 Å². The van der Waals surface area contributed by atoms with Crippen LogP contribution >= 0.6 is 23.4 Å². The Morgan fingerprint density at radius 2 is 2.16 bits per heavy atom.